The predicted molar refractivity (Wildman–Crippen MR) is 63.5 cm³/mol. The van der Waals surface area contributed by atoms with Gasteiger partial charge in [-0.1, -0.05) is 40.5 Å². The molecule has 0 atom stereocenters. The molecule has 1 aromatic heterocycles. The second-order valence-corrected chi connectivity index (χ2v) is 4.09. The largest absolute Gasteiger partial charge is 0.364 e. The summed E-state index contributed by atoms with van der Waals surface area (Å²) in [5.74, 6) is 0. The van der Waals surface area contributed by atoms with E-state index in [1.807, 2.05) is 18.2 Å². The van der Waals surface area contributed by atoms with Gasteiger partial charge < -0.3 is 9.84 Å². The van der Waals surface area contributed by atoms with Crippen LogP contribution in [0.4, 0.5) is 0 Å². The zero-order valence-electron chi connectivity index (χ0n) is 8.41. The van der Waals surface area contributed by atoms with E-state index < -0.39 is 0 Å². The quantitative estimate of drug-likeness (QED) is 0.913. The Hall–Kier alpha value is -1.03. The van der Waals surface area contributed by atoms with Gasteiger partial charge in [-0.3, -0.25) is 0 Å². The van der Waals surface area contributed by atoms with Crippen LogP contribution in [0.15, 0.2) is 35.1 Å². The smallest absolute Gasteiger partial charge is 0.124 e. The maximum Gasteiger partial charge on any atom is 0.124 e. The third-order valence-corrected chi connectivity index (χ3v) is 3.00. The maximum absolute atomic E-state index is 6.05. The minimum atomic E-state index is 0.572. The average molecular weight is 257 g/mol. The molecule has 3 nitrogen and oxygen atoms in total. The molecule has 0 saturated carbocycles. The van der Waals surface area contributed by atoms with Crippen molar-refractivity contribution in [3.05, 3.63) is 51.8 Å². The lowest BCUT2D eigenvalue weighted by molar-refractivity contribution is 0.408. The van der Waals surface area contributed by atoms with Gasteiger partial charge in [-0.25, -0.2) is 0 Å². The van der Waals surface area contributed by atoms with Crippen molar-refractivity contribution in [3.63, 3.8) is 0 Å². The molecule has 0 aliphatic heterocycles. The van der Waals surface area contributed by atoms with Gasteiger partial charge in [0.1, 0.15) is 6.26 Å². The SMILES string of the molecule is Clc1cccc(CNCc2ccon2)c1Cl. The molecular formula is C11H10Cl2N2O. The Morgan fingerprint density at radius 3 is 2.81 bits per heavy atom. The second-order valence-electron chi connectivity index (χ2n) is 3.31. The van der Waals surface area contributed by atoms with Gasteiger partial charge in [-0.05, 0) is 11.6 Å². The van der Waals surface area contributed by atoms with E-state index in [0.717, 1.165) is 11.3 Å². The van der Waals surface area contributed by atoms with E-state index in [2.05, 4.69) is 10.5 Å². The summed E-state index contributed by atoms with van der Waals surface area (Å²) in [5.41, 5.74) is 1.83. The van der Waals surface area contributed by atoms with Gasteiger partial charge in [-0.2, -0.15) is 0 Å². The molecule has 5 heteroatoms. The zero-order chi connectivity index (χ0) is 11.4. The van der Waals surface area contributed by atoms with Crippen molar-refractivity contribution in [2.24, 2.45) is 0 Å². The number of rotatable bonds is 4. The van der Waals surface area contributed by atoms with Crippen LogP contribution in [0.25, 0.3) is 0 Å². The van der Waals surface area contributed by atoms with Crippen LogP contribution in [0.1, 0.15) is 11.3 Å². The number of hydrogen-bond acceptors (Lipinski definition) is 3. The number of aromatic nitrogens is 1. The minimum absolute atomic E-state index is 0.572. The molecule has 0 amide bonds. The van der Waals surface area contributed by atoms with Gasteiger partial charge in [0.2, 0.25) is 0 Å². The molecule has 0 bridgehead atoms. The molecule has 1 heterocycles. The normalized spacial score (nSPS) is 10.6. The number of halogens is 2. The Balaban J connectivity index is 1.92. The molecule has 84 valence electrons. The van der Waals surface area contributed by atoms with Crippen molar-refractivity contribution in [1.82, 2.24) is 10.5 Å². The highest BCUT2D eigenvalue weighted by Crippen LogP contribution is 2.25. The molecule has 0 radical (unpaired) electrons. The van der Waals surface area contributed by atoms with Crippen molar-refractivity contribution in [2.45, 2.75) is 13.1 Å². The van der Waals surface area contributed by atoms with Crippen molar-refractivity contribution >= 4 is 23.2 Å². The third-order valence-electron chi connectivity index (χ3n) is 2.14. The van der Waals surface area contributed by atoms with Gasteiger partial charge in [-0.15, -0.1) is 0 Å². The van der Waals surface area contributed by atoms with Crippen molar-refractivity contribution in [3.8, 4) is 0 Å². The summed E-state index contributed by atoms with van der Waals surface area (Å²) < 4.78 is 4.72. The number of nitrogens with zero attached hydrogens (tertiary/aromatic N) is 1. The Kier molecular flexibility index (Phi) is 3.83. The number of nitrogens with one attached hydrogen (secondary N) is 1. The van der Waals surface area contributed by atoms with Gasteiger partial charge in [0, 0.05) is 19.2 Å². The van der Waals surface area contributed by atoms with E-state index in [1.54, 1.807) is 12.3 Å². The first kappa shape index (κ1) is 11.5. The van der Waals surface area contributed by atoms with E-state index >= 15 is 0 Å². The summed E-state index contributed by atoms with van der Waals surface area (Å²) in [6.45, 7) is 1.28. The number of benzene rings is 1. The standard InChI is InChI=1S/C11H10Cl2N2O/c12-10-3-1-2-8(11(10)13)6-14-7-9-4-5-16-15-9/h1-5,14H,6-7H2. The molecule has 2 rings (SSSR count). The van der Waals surface area contributed by atoms with Crippen LogP contribution in [0.3, 0.4) is 0 Å². The Labute approximate surface area is 103 Å². The third kappa shape index (κ3) is 2.76. The minimum Gasteiger partial charge on any atom is -0.364 e. The molecule has 1 aromatic carbocycles. The van der Waals surface area contributed by atoms with Gasteiger partial charge in [0.25, 0.3) is 0 Å². The molecule has 0 aliphatic rings. The average Bonchev–Trinajstić information content (AvgIpc) is 2.77. The molecule has 0 unspecified atom stereocenters. The summed E-state index contributed by atoms with van der Waals surface area (Å²) in [7, 11) is 0. The molecule has 0 fully saturated rings. The van der Waals surface area contributed by atoms with Crippen LogP contribution in [0.5, 0.6) is 0 Å². The molecule has 0 aliphatic carbocycles. The first-order chi connectivity index (χ1) is 7.77. The fourth-order valence-electron chi connectivity index (χ4n) is 1.34. The highest BCUT2D eigenvalue weighted by molar-refractivity contribution is 6.42. The van der Waals surface area contributed by atoms with Crippen molar-refractivity contribution < 1.29 is 4.52 Å². The van der Waals surface area contributed by atoms with E-state index in [1.165, 1.54) is 0 Å². The zero-order valence-corrected chi connectivity index (χ0v) is 9.92. The Morgan fingerprint density at radius 2 is 2.06 bits per heavy atom. The molecule has 1 N–H and O–H groups in total. The Bertz CT molecular complexity index is 457. The van der Waals surface area contributed by atoms with Crippen LogP contribution < -0.4 is 5.32 Å². The molecule has 0 saturated heterocycles. The van der Waals surface area contributed by atoms with Gasteiger partial charge in [0.05, 0.1) is 15.7 Å². The lowest BCUT2D eigenvalue weighted by Crippen LogP contribution is -2.13. The predicted octanol–water partition coefficient (Wildman–Crippen LogP) is 3.27. The highest BCUT2D eigenvalue weighted by Gasteiger charge is 2.04. The van der Waals surface area contributed by atoms with Crippen LogP contribution >= 0.6 is 23.2 Å². The van der Waals surface area contributed by atoms with Gasteiger partial charge >= 0.3 is 0 Å². The monoisotopic (exact) mass is 256 g/mol. The van der Waals surface area contributed by atoms with E-state index in [4.69, 9.17) is 27.7 Å². The van der Waals surface area contributed by atoms with Crippen LogP contribution in [-0.2, 0) is 13.1 Å². The summed E-state index contributed by atoms with van der Waals surface area (Å²) in [4.78, 5) is 0. The summed E-state index contributed by atoms with van der Waals surface area (Å²) in [5, 5.41) is 8.16. The first-order valence-electron chi connectivity index (χ1n) is 4.80. The van der Waals surface area contributed by atoms with Crippen molar-refractivity contribution in [1.29, 1.82) is 0 Å². The van der Waals surface area contributed by atoms with Crippen LogP contribution in [0.2, 0.25) is 10.0 Å². The molecule has 2 aromatic rings. The Morgan fingerprint density at radius 1 is 1.19 bits per heavy atom. The molecule has 16 heavy (non-hydrogen) atoms. The molecule has 0 spiro atoms. The maximum atomic E-state index is 6.05. The second kappa shape index (κ2) is 5.34. The van der Waals surface area contributed by atoms with E-state index in [0.29, 0.717) is 23.1 Å². The topological polar surface area (TPSA) is 38.1 Å². The lowest BCUT2D eigenvalue weighted by atomic mass is 10.2. The lowest BCUT2D eigenvalue weighted by Gasteiger charge is -2.06. The first-order valence-corrected chi connectivity index (χ1v) is 5.56. The summed E-state index contributed by atoms with van der Waals surface area (Å²) >= 11 is 12.0. The fraction of sp³-hybridized carbons (Fsp3) is 0.182. The van der Waals surface area contributed by atoms with Gasteiger partial charge in [0.15, 0.2) is 0 Å². The van der Waals surface area contributed by atoms with E-state index in [-0.39, 0.29) is 0 Å². The van der Waals surface area contributed by atoms with Crippen molar-refractivity contribution in [2.75, 3.05) is 0 Å². The van der Waals surface area contributed by atoms with E-state index in [9.17, 15) is 0 Å². The fourth-order valence-corrected chi connectivity index (χ4v) is 1.73. The van der Waals surface area contributed by atoms with Crippen LogP contribution in [0, 0.1) is 0 Å². The highest BCUT2D eigenvalue weighted by atomic mass is 35.5. The number of hydrogen-bond donors (Lipinski definition) is 1. The summed E-state index contributed by atoms with van der Waals surface area (Å²) in [6, 6.07) is 7.39. The van der Waals surface area contributed by atoms with Crippen LogP contribution in [-0.4, -0.2) is 5.16 Å². The summed E-state index contributed by atoms with van der Waals surface area (Å²) in [6.07, 6.45) is 1.55. The molecular weight excluding hydrogens is 247 g/mol.